The average molecular weight is 264 g/mol. The van der Waals surface area contributed by atoms with Gasteiger partial charge in [-0.3, -0.25) is 9.59 Å². The zero-order valence-electron chi connectivity index (χ0n) is 10.7. The Labute approximate surface area is 111 Å². The van der Waals surface area contributed by atoms with E-state index in [1.165, 1.54) is 0 Å². The third-order valence-corrected chi connectivity index (χ3v) is 2.94. The summed E-state index contributed by atoms with van der Waals surface area (Å²) in [6.07, 6.45) is 0.692. The van der Waals surface area contributed by atoms with Gasteiger partial charge in [0.15, 0.2) is 6.61 Å². The Morgan fingerprint density at radius 2 is 2.32 bits per heavy atom. The molecule has 1 aromatic rings. The highest BCUT2D eigenvalue weighted by Gasteiger charge is 2.22. The van der Waals surface area contributed by atoms with Gasteiger partial charge in [-0.25, -0.2) is 0 Å². The zero-order valence-corrected chi connectivity index (χ0v) is 10.7. The van der Waals surface area contributed by atoms with Gasteiger partial charge in [-0.1, -0.05) is 0 Å². The molecule has 0 saturated heterocycles. The summed E-state index contributed by atoms with van der Waals surface area (Å²) in [5.74, 6) is -0.209. The molecule has 0 aliphatic carbocycles. The van der Waals surface area contributed by atoms with Crippen LogP contribution in [0.1, 0.15) is 12.8 Å². The number of carboxylic acid groups (broad SMARTS) is 1. The highest BCUT2D eigenvalue weighted by atomic mass is 16.5. The Morgan fingerprint density at radius 3 is 3.05 bits per heavy atom. The third-order valence-electron chi connectivity index (χ3n) is 2.94. The van der Waals surface area contributed by atoms with Crippen molar-refractivity contribution in [3.8, 4) is 5.75 Å². The summed E-state index contributed by atoms with van der Waals surface area (Å²) in [6, 6.07) is 5.48. The number of anilines is 2. The van der Waals surface area contributed by atoms with Gasteiger partial charge >= 0.3 is 5.97 Å². The van der Waals surface area contributed by atoms with Crippen molar-refractivity contribution in [2.45, 2.75) is 12.8 Å². The van der Waals surface area contributed by atoms with E-state index in [-0.39, 0.29) is 18.9 Å². The molecule has 19 heavy (non-hydrogen) atoms. The second kappa shape index (κ2) is 5.60. The number of carbonyl (C=O) groups is 2. The summed E-state index contributed by atoms with van der Waals surface area (Å²) in [5, 5.41) is 11.7. The fourth-order valence-electron chi connectivity index (χ4n) is 1.85. The maximum absolute atomic E-state index is 11.5. The number of benzene rings is 1. The standard InChI is InChI=1S/C13H16N2O4/c1-15-10-7-9(14-6-2-3-13(17)18)4-5-11(10)19-8-12(15)16/h4-5,7,14H,2-3,6,8H2,1H3,(H,17,18). The predicted octanol–water partition coefficient (Wildman–Crippen LogP) is 1.32. The Bertz CT molecular complexity index is 501. The number of carboxylic acids is 1. The number of likely N-dealkylation sites (N-methyl/N-ethyl adjacent to an activating group) is 1. The Kier molecular flexibility index (Phi) is 3.89. The normalized spacial score (nSPS) is 13.7. The van der Waals surface area contributed by atoms with E-state index < -0.39 is 5.97 Å². The van der Waals surface area contributed by atoms with Crippen LogP contribution in [0.2, 0.25) is 0 Å². The van der Waals surface area contributed by atoms with Crippen LogP contribution in [0, 0.1) is 0 Å². The highest BCUT2D eigenvalue weighted by Crippen LogP contribution is 2.33. The number of hydrogen-bond donors (Lipinski definition) is 2. The largest absolute Gasteiger partial charge is 0.482 e. The van der Waals surface area contributed by atoms with Gasteiger partial charge in [-0.2, -0.15) is 0 Å². The van der Waals surface area contributed by atoms with Crippen LogP contribution < -0.4 is 15.0 Å². The van der Waals surface area contributed by atoms with Gasteiger partial charge in [0.2, 0.25) is 0 Å². The first-order chi connectivity index (χ1) is 9.08. The lowest BCUT2D eigenvalue weighted by Crippen LogP contribution is -2.35. The first kappa shape index (κ1) is 13.2. The van der Waals surface area contributed by atoms with Crippen LogP contribution in [0.25, 0.3) is 0 Å². The highest BCUT2D eigenvalue weighted by molar-refractivity contribution is 5.97. The number of rotatable bonds is 5. The maximum Gasteiger partial charge on any atom is 0.303 e. The lowest BCUT2D eigenvalue weighted by Gasteiger charge is -2.26. The molecule has 1 aromatic carbocycles. The molecule has 1 heterocycles. The van der Waals surface area contributed by atoms with Crippen molar-refractivity contribution in [1.29, 1.82) is 0 Å². The minimum absolute atomic E-state index is 0.0644. The number of fused-ring (bicyclic) bond motifs is 1. The molecule has 0 radical (unpaired) electrons. The fraction of sp³-hybridized carbons (Fsp3) is 0.385. The molecule has 2 N–H and O–H groups in total. The van der Waals surface area contributed by atoms with Crippen molar-refractivity contribution < 1.29 is 19.4 Å². The van der Waals surface area contributed by atoms with E-state index in [0.717, 1.165) is 11.4 Å². The summed E-state index contributed by atoms with van der Waals surface area (Å²) < 4.78 is 5.32. The molecule has 1 amide bonds. The number of carbonyl (C=O) groups excluding carboxylic acids is 1. The van der Waals surface area contributed by atoms with Crippen molar-refractivity contribution in [2.24, 2.45) is 0 Å². The SMILES string of the molecule is CN1C(=O)COc2ccc(NCCCC(=O)O)cc21. The van der Waals surface area contributed by atoms with Crippen molar-refractivity contribution in [1.82, 2.24) is 0 Å². The number of amides is 1. The summed E-state index contributed by atoms with van der Waals surface area (Å²) in [5.41, 5.74) is 1.56. The van der Waals surface area contributed by atoms with Gasteiger partial charge in [-0.05, 0) is 24.6 Å². The van der Waals surface area contributed by atoms with Gasteiger partial charge in [-0.15, -0.1) is 0 Å². The van der Waals surface area contributed by atoms with Gasteiger partial charge < -0.3 is 20.1 Å². The predicted molar refractivity (Wildman–Crippen MR) is 70.7 cm³/mol. The van der Waals surface area contributed by atoms with Crippen LogP contribution in [0.4, 0.5) is 11.4 Å². The molecule has 0 bridgehead atoms. The molecular formula is C13H16N2O4. The first-order valence-electron chi connectivity index (χ1n) is 6.07. The summed E-state index contributed by atoms with van der Waals surface area (Å²) in [7, 11) is 1.71. The summed E-state index contributed by atoms with van der Waals surface area (Å²) in [4.78, 5) is 23.5. The Hall–Kier alpha value is -2.24. The van der Waals surface area contributed by atoms with Crippen LogP contribution in [0.5, 0.6) is 5.75 Å². The number of aliphatic carboxylic acids is 1. The van der Waals surface area contributed by atoms with E-state index in [1.54, 1.807) is 18.0 Å². The van der Waals surface area contributed by atoms with Crippen LogP contribution in [-0.4, -0.2) is 37.2 Å². The lowest BCUT2D eigenvalue weighted by molar-refractivity contribution is -0.137. The minimum atomic E-state index is -0.800. The van der Waals surface area contributed by atoms with E-state index in [0.29, 0.717) is 18.7 Å². The van der Waals surface area contributed by atoms with E-state index in [4.69, 9.17) is 9.84 Å². The fourth-order valence-corrected chi connectivity index (χ4v) is 1.85. The number of ether oxygens (including phenoxy) is 1. The molecule has 0 atom stereocenters. The maximum atomic E-state index is 11.5. The lowest BCUT2D eigenvalue weighted by atomic mass is 10.2. The molecule has 1 aliphatic heterocycles. The monoisotopic (exact) mass is 264 g/mol. The van der Waals surface area contributed by atoms with Crippen molar-refractivity contribution >= 4 is 23.3 Å². The second-order valence-electron chi connectivity index (χ2n) is 4.35. The van der Waals surface area contributed by atoms with E-state index >= 15 is 0 Å². The number of hydrogen-bond acceptors (Lipinski definition) is 4. The Morgan fingerprint density at radius 1 is 1.53 bits per heavy atom. The Balaban J connectivity index is 2.00. The van der Waals surface area contributed by atoms with Gasteiger partial charge in [0.1, 0.15) is 5.75 Å². The smallest absolute Gasteiger partial charge is 0.303 e. The van der Waals surface area contributed by atoms with Crippen molar-refractivity contribution in [3.63, 3.8) is 0 Å². The second-order valence-corrected chi connectivity index (χ2v) is 4.35. The molecular weight excluding hydrogens is 248 g/mol. The minimum Gasteiger partial charge on any atom is -0.482 e. The zero-order chi connectivity index (χ0) is 13.8. The van der Waals surface area contributed by atoms with Crippen LogP contribution in [-0.2, 0) is 9.59 Å². The van der Waals surface area contributed by atoms with Crippen LogP contribution >= 0.6 is 0 Å². The molecule has 0 aromatic heterocycles. The molecule has 102 valence electrons. The molecule has 0 spiro atoms. The topological polar surface area (TPSA) is 78.9 Å². The molecule has 2 rings (SSSR count). The van der Waals surface area contributed by atoms with Gasteiger partial charge in [0.25, 0.3) is 5.91 Å². The van der Waals surface area contributed by atoms with E-state index in [2.05, 4.69) is 5.32 Å². The molecule has 6 heteroatoms. The molecule has 0 unspecified atom stereocenters. The average Bonchev–Trinajstić information content (AvgIpc) is 2.39. The third kappa shape index (κ3) is 3.15. The molecule has 0 saturated carbocycles. The van der Waals surface area contributed by atoms with E-state index in [1.807, 2.05) is 12.1 Å². The summed E-state index contributed by atoms with van der Waals surface area (Å²) in [6.45, 7) is 0.637. The first-order valence-corrected chi connectivity index (χ1v) is 6.07. The molecule has 0 fully saturated rings. The number of nitrogens with one attached hydrogen (secondary N) is 1. The van der Waals surface area contributed by atoms with E-state index in [9.17, 15) is 9.59 Å². The van der Waals surface area contributed by atoms with Crippen LogP contribution in [0.3, 0.4) is 0 Å². The van der Waals surface area contributed by atoms with Gasteiger partial charge in [0.05, 0.1) is 5.69 Å². The quantitative estimate of drug-likeness (QED) is 0.784. The van der Waals surface area contributed by atoms with Crippen molar-refractivity contribution in [2.75, 3.05) is 30.4 Å². The van der Waals surface area contributed by atoms with Crippen LogP contribution in [0.15, 0.2) is 18.2 Å². The summed E-state index contributed by atoms with van der Waals surface area (Å²) >= 11 is 0. The number of nitrogens with zero attached hydrogens (tertiary/aromatic N) is 1. The van der Waals surface area contributed by atoms with Gasteiger partial charge in [0, 0.05) is 25.7 Å². The van der Waals surface area contributed by atoms with Crippen molar-refractivity contribution in [3.05, 3.63) is 18.2 Å². The molecule has 1 aliphatic rings. The molecule has 6 nitrogen and oxygen atoms in total.